The van der Waals surface area contributed by atoms with E-state index in [1.807, 2.05) is 19.9 Å². The lowest BCUT2D eigenvalue weighted by atomic mass is 10.1. The van der Waals surface area contributed by atoms with E-state index in [2.05, 4.69) is 42.3 Å². The second kappa shape index (κ2) is 12.9. The van der Waals surface area contributed by atoms with Gasteiger partial charge in [0.15, 0.2) is 18.1 Å². The number of halogens is 4. The summed E-state index contributed by atoms with van der Waals surface area (Å²) in [6, 6.07) is 12.3. The van der Waals surface area contributed by atoms with Crippen LogP contribution in [-0.4, -0.2) is 35.5 Å². The number of amides is 1. The van der Waals surface area contributed by atoms with Gasteiger partial charge in [-0.05, 0) is 70.9 Å². The third-order valence-corrected chi connectivity index (χ3v) is 7.99. The van der Waals surface area contributed by atoms with Gasteiger partial charge >= 0.3 is 0 Å². The average Bonchev–Trinajstić information content (AvgIpc) is 2.94. The zero-order valence-electron chi connectivity index (χ0n) is 21.7. The Morgan fingerprint density at radius 2 is 1.95 bits per heavy atom. The first kappa shape index (κ1) is 29.7. The van der Waals surface area contributed by atoms with E-state index >= 15 is 0 Å². The molecule has 3 aromatic carbocycles. The predicted octanol–water partition coefficient (Wildman–Crippen LogP) is 7.14. The summed E-state index contributed by atoms with van der Waals surface area (Å²) < 4.78 is 26.7. The molecule has 0 aliphatic heterocycles. The maximum atomic E-state index is 13.4. The molecule has 12 heteroatoms. The molecule has 4 rings (SSSR count). The van der Waals surface area contributed by atoms with Crippen LogP contribution in [0.5, 0.6) is 11.5 Å². The molecule has 8 nitrogen and oxygen atoms in total. The maximum absolute atomic E-state index is 13.4. The van der Waals surface area contributed by atoms with Crippen LogP contribution in [0.15, 0.2) is 67.4 Å². The van der Waals surface area contributed by atoms with Crippen LogP contribution < -0.4 is 20.3 Å². The Hall–Kier alpha value is -3.28. The van der Waals surface area contributed by atoms with Crippen LogP contribution >= 0.6 is 43.5 Å². The summed E-state index contributed by atoms with van der Waals surface area (Å²) in [4.78, 5) is 30.5. The van der Waals surface area contributed by atoms with Crippen LogP contribution in [0.25, 0.3) is 10.9 Å². The molecular weight excluding hydrogens is 671 g/mol. The second-order valence-electron chi connectivity index (χ2n) is 8.77. The number of fused-ring (bicyclic) bond motifs is 1. The minimum absolute atomic E-state index is 0.0312. The highest BCUT2D eigenvalue weighted by atomic mass is 79.9. The Labute approximate surface area is 251 Å². The van der Waals surface area contributed by atoms with Crippen LogP contribution in [0.2, 0.25) is 5.02 Å². The van der Waals surface area contributed by atoms with Gasteiger partial charge in [0.05, 0.1) is 24.2 Å². The molecule has 0 bridgehead atoms. The molecule has 4 aromatic rings. The first-order valence-corrected chi connectivity index (χ1v) is 14.1. The zero-order valence-corrected chi connectivity index (χ0v) is 25.6. The number of aromatic nitrogens is 2. The van der Waals surface area contributed by atoms with E-state index in [4.69, 9.17) is 26.1 Å². The van der Waals surface area contributed by atoms with Gasteiger partial charge in [-0.1, -0.05) is 41.4 Å². The van der Waals surface area contributed by atoms with Gasteiger partial charge in [-0.15, -0.1) is 0 Å². The van der Waals surface area contributed by atoms with Gasteiger partial charge in [0, 0.05) is 26.1 Å². The third kappa shape index (κ3) is 6.54. The molecule has 1 atom stereocenters. The number of hydrogen-bond donors (Lipinski definition) is 1. The lowest BCUT2D eigenvalue weighted by molar-refractivity contribution is -0.118. The summed E-state index contributed by atoms with van der Waals surface area (Å²) in [5.74, 6) is -0.00310. The van der Waals surface area contributed by atoms with Gasteiger partial charge < -0.3 is 14.8 Å². The number of methoxy groups -OCH3 is 1. The van der Waals surface area contributed by atoms with Crippen molar-refractivity contribution >= 4 is 72.2 Å². The van der Waals surface area contributed by atoms with E-state index in [1.54, 1.807) is 18.2 Å². The van der Waals surface area contributed by atoms with Crippen LogP contribution in [0.4, 0.5) is 10.1 Å². The van der Waals surface area contributed by atoms with Crippen molar-refractivity contribution in [2.75, 3.05) is 19.0 Å². The number of hydrogen-bond acceptors (Lipinski definition) is 6. The lowest BCUT2D eigenvalue weighted by Crippen LogP contribution is -2.23. The van der Waals surface area contributed by atoms with E-state index in [-0.39, 0.29) is 34.6 Å². The van der Waals surface area contributed by atoms with Gasteiger partial charge in [0.25, 0.3) is 11.5 Å². The number of carbonyl (C=O) groups is 1. The SMILES string of the molecule is CC[C@H](C)c1nc2ccc(Br)cc2c(=O)n1N=Cc1cc(OC)c(OCC(=O)Nc2ccc(F)cc2)c(Cl)c1Br. The quantitative estimate of drug-likeness (QED) is 0.188. The molecule has 1 amide bonds. The van der Waals surface area contributed by atoms with E-state index in [9.17, 15) is 14.0 Å². The summed E-state index contributed by atoms with van der Waals surface area (Å²) in [6.07, 6.45) is 2.23. The first-order valence-electron chi connectivity index (χ1n) is 12.1. The molecule has 0 saturated carbocycles. The summed E-state index contributed by atoms with van der Waals surface area (Å²) in [6.45, 7) is 3.61. The Morgan fingerprint density at radius 3 is 2.62 bits per heavy atom. The lowest BCUT2D eigenvalue weighted by Gasteiger charge is -2.16. The highest BCUT2D eigenvalue weighted by molar-refractivity contribution is 9.10. The van der Waals surface area contributed by atoms with E-state index in [0.717, 1.165) is 10.9 Å². The Balaban J connectivity index is 1.65. The monoisotopic (exact) mass is 692 g/mol. The van der Waals surface area contributed by atoms with E-state index in [0.29, 0.717) is 32.5 Å². The molecular formula is C28H24Br2ClFN4O4. The third-order valence-electron chi connectivity index (χ3n) is 6.05. The number of rotatable bonds is 9. The summed E-state index contributed by atoms with van der Waals surface area (Å²) >= 11 is 13.5. The van der Waals surface area contributed by atoms with Gasteiger partial charge in [-0.3, -0.25) is 9.59 Å². The largest absolute Gasteiger partial charge is 0.493 e. The van der Waals surface area contributed by atoms with Crippen molar-refractivity contribution in [2.45, 2.75) is 26.2 Å². The fourth-order valence-electron chi connectivity index (χ4n) is 3.75. The summed E-state index contributed by atoms with van der Waals surface area (Å²) in [5, 5.41) is 7.67. The van der Waals surface area contributed by atoms with Crippen molar-refractivity contribution in [3.8, 4) is 11.5 Å². The van der Waals surface area contributed by atoms with Crippen molar-refractivity contribution < 1.29 is 18.7 Å². The van der Waals surface area contributed by atoms with Gasteiger partial charge in [-0.25, -0.2) is 9.37 Å². The standard InChI is InChI=1S/C28H24Br2ClFN4O4/c1-4-15(2)27-35-21-10-5-17(29)12-20(21)28(38)36(27)33-13-16-11-22(39-3)26(25(31)24(16)30)40-14-23(37)34-19-8-6-18(32)7-9-19/h5-13,15H,4,14H2,1-3H3,(H,34,37)/t15-/m0/s1. The Bertz CT molecular complexity index is 1660. The van der Waals surface area contributed by atoms with Crippen LogP contribution in [0.1, 0.15) is 37.6 Å². The van der Waals surface area contributed by atoms with Crippen LogP contribution in [0, 0.1) is 5.82 Å². The van der Waals surface area contributed by atoms with Crippen molar-refractivity contribution in [1.29, 1.82) is 0 Å². The van der Waals surface area contributed by atoms with E-state index < -0.39 is 11.7 Å². The zero-order chi connectivity index (χ0) is 29.0. The fourth-order valence-corrected chi connectivity index (χ4v) is 4.77. The number of carbonyl (C=O) groups excluding carboxylic acids is 1. The summed E-state index contributed by atoms with van der Waals surface area (Å²) in [5.41, 5.74) is 1.20. The van der Waals surface area contributed by atoms with Crippen molar-refractivity contribution in [3.63, 3.8) is 0 Å². The van der Waals surface area contributed by atoms with Crippen LogP contribution in [-0.2, 0) is 4.79 Å². The van der Waals surface area contributed by atoms with Crippen molar-refractivity contribution in [1.82, 2.24) is 9.66 Å². The van der Waals surface area contributed by atoms with Gasteiger partial charge in [-0.2, -0.15) is 9.78 Å². The average molecular weight is 695 g/mol. The maximum Gasteiger partial charge on any atom is 0.282 e. The second-order valence-corrected chi connectivity index (χ2v) is 10.9. The highest BCUT2D eigenvalue weighted by Gasteiger charge is 2.19. The number of nitrogens with one attached hydrogen (secondary N) is 1. The van der Waals surface area contributed by atoms with Gasteiger partial charge in [0.2, 0.25) is 0 Å². The topological polar surface area (TPSA) is 94.8 Å². The molecule has 0 unspecified atom stereocenters. The number of ether oxygens (including phenoxy) is 2. The highest BCUT2D eigenvalue weighted by Crippen LogP contribution is 2.42. The molecule has 0 fully saturated rings. The molecule has 40 heavy (non-hydrogen) atoms. The van der Waals surface area contributed by atoms with Crippen molar-refractivity contribution in [3.05, 3.63) is 90.1 Å². The molecule has 0 radical (unpaired) electrons. The minimum atomic E-state index is -0.473. The molecule has 0 spiro atoms. The van der Waals surface area contributed by atoms with E-state index in [1.165, 1.54) is 42.3 Å². The molecule has 1 aromatic heterocycles. The number of benzene rings is 3. The Kier molecular flexibility index (Phi) is 9.60. The minimum Gasteiger partial charge on any atom is -0.493 e. The number of nitrogens with zero attached hydrogens (tertiary/aromatic N) is 3. The first-order chi connectivity index (χ1) is 19.1. The predicted molar refractivity (Wildman–Crippen MR) is 162 cm³/mol. The van der Waals surface area contributed by atoms with Crippen LogP contribution in [0.3, 0.4) is 0 Å². The molecule has 1 heterocycles. The summed E-state index contributed by atoms with van der Waals surface area (Å²) in [7, 11) is 1.43. The van der Waals surface area contributed by atoms with Crippen molar-refractivity contribution in [2.24, 2.45) is 5.10 Å². The Morgan fingerprint density at radius 1 is 1.23 bits per heavy atom. The molecule has 0 aliphatic rings. The fraction of sp³-hybridized carbons (Fsp3) is 0.214. The normalized spacial score (nSPS) is 12.1. The molecule has 0 aliphatic carbocycles. The molecule has 208 valence electrons. The molecule has 0 saturated heterocycles. The molecule has 1 N–H and O–H groups in total. The van der Waals surface area contributed by atoms with Gasteiger partial charge in [0.1, 0.15) is 16.7 Å². The number of anilines is 1. The smallest absolute Gasteiger partial charge is 0.282 e.